The van der Waals surface area contributed by atoms with Crippen molar-refractivity contribution in [3.63, 3.8) is 0 Å². The highest BCUT2D eigenvalue weighted by Crippen LogP contribution is 2.27. The van der Waals surface area contributed by atoms with Gasteiger partial charge in [-0.1, -0.05) is 0 Å². The van der Waals surface area contributed by atoms with Gasteiger partial charge in [0.15, 0.2) is 5.69 Å². The summed E-state index contributed by atoms with van der Waals surface area (Å²) in [5.41, 5.74) is -5.74. The van der Waals surface area contributed by atoms with E-state index in [9.17, 15) is 26.8 Å². The molecule has 0 aromatic heterocycles. The van der Waals surface area contributed by atoms with Crippen LogP contribution in [0.25, 0.3) is 0 Å². The summed E-state index contributed by atoms with van der Waals surface area (Å²) in [5.74, 6) is -0.618. The molecule has 17 heavy (non-hydrogen) atoms. The fraction of sp³-hybridized carbons (Fsp3) is 0.143. The molecule has 1 aromatic carbocycles. The van der Waals surface area contributed by atoms with Gasteiger partial charge in [-0.25, -0.2) is 5.21 Å². The molecule has 1 unspecified atom stereocenters. The van der Waals surface area contributed by atoms with Gasteiger partial charge < -0.3 is 9.39 Å². The third kappa shape index (κ3) is 3.30. The molecule has 0 radical (unpaired) electrons. The third-order valence-corrected chi connectivity index (χ3v) is 2.57. The number of hydrogen-bond donors (Lipinski definition) is 2. The van der Waals surface area contributed by atoms with Crippen LogP contribution in [0, 0.1) is 5.21 Å². The number of nitrogens with one attached hydrogen (secondary N) is 1. The highest BCUT2D eigenvalue weighted by atomic mass is 32.2. The molecule has 0 aliphatic carbocycles. The fourth-order valence-corrected chi connectivity index (χ4v) is 1.29. The molecule has 0 saturated carbocycles. The quantitative estimate of drug-likeness (QED) is 0.470. The summed E-state index contributed by atoms with van der Waals surface area (Å²) in [4.78, 5) is 0. The standard InChI is InChI=1S/C7H6F3NO5S/c8-7(9,10)17(14,15)16-6-3-1-5(2-4-6)11(12)13/h1-4,11-12H. The maximum atomic E-state index is 11.9. The Bertz CT molecular complexity index is 481. The van der Waals surface area contributed by atoms with Crippen LogP contribution >= 0.6 is 0 Å². The lowest BCUT2D eigenvalue weighted by Gasteiger charge is -2.12. The topological polar surface area (TPSA) is 91.1 Å². The van der Waals surface area contributed by atoms with Crippen LogP contribution in [0.2, 0.25) is 0 Å². The van der Waals surface area contributed by atoms with E-state index >= 15 is 0 Å². The molecule has 0 saturated heterocycles. The van der Waals surface area contributed by atoms with Crippen molar-refractivity contribution in [3.05, 3.63) is 29.5 Å². The zero-order valence-corrected chi connectivity index (χ0v) is 8.75. The zero-order valence-electron chi connectivity index (χ0n) is 7.93. The first-order valence-electron chi connectivity index (χ1n) is 3.97. The minimum absolute atomic E-state index is 0.207. The number of rotatable bonds is 3. The molecule has 0 aliphatic rings. The van der Waals surface area contributed by atoms with Crippen molar-refractivity contribution in [1.29, 1.82) is 0 Å². The smallest absolute Gasteiger partial charge is 0.534 e. The second kappa shape index (κ2) is 4.49. The van der Waals surface area contributed by atoms with Crippen LogP contribution in [0.3, 0.4) is 0 Å². The van der Waals surface area contributed by atoms with Crippen molar-refractivity contribution in [2.45, 2.75) is 5.51 Å². The predicted molar refractivity (Wildman–Crippen MR) is 47.8 cm³/mol. The molecule has 0 fully saturated rings. The van der Waals surface area contributed by atoms with Crippen LogP contribution in [0.4, 0.5) is 18.9 Å². The van der Waals surface area contributed by atoms with E-state index in [-0.39, 0.29) is 5.69 Å². The van der Waals surface area contributed by atoms with Crippen molar-refractivity contribution < 1.29 is 36.2 Å². The molecule has 0 amide bonds. The maximum absolute atomic E-state index is 11.9. The van der Waals surface area contributed by atoms with E-state index in [1.165, 1.54) is 0 Å². The van der Waals surface area contributed by atoms with Gasteiger partial charge in [-0.2, -0.15) is 26.8 Å². The van der Waals surface area contributed by atoms with Gasteiger partial charge in [-0.15, -0.1) is 0 Å². The molecule has 10 heteroatoms. The SMILES string of the molecule is O=S(=O)(Oc1ccc([NH+]([O-])O)cc1)C(F)(F)F. The summed E-state index contributed by atoms with van der Waals surface area (Å²) in [6, 6.07) is 3.46. The van der Waals surface area contributed by atoms with Crippen molar-refractivity contribution in [2.24, 2.45) is 0 Å². The van der Waals surface area contributed by atoms with E-state index in [2.05, 4.69) is 4.18 Å². The highest BCUT2D eigenvalue weighted by molar-refractivity contribution is 7.87. The first-order valence-corrected chi connectivity index (χ1v) is 5.38. The van der Waals surface area contributed by atoms with E-state index in [4.69, 9.17) is 5.21 Å². The highest BCUT2D eigenvalue weighted by Gasteiger charge is 2.48. The molecule has 0 aliphatic heterocycles. The van der Waals surface area contributed by atoms with Crippen LogP contribution in [0.5, 0.6) is 5.75 Å². The molecule has 1 rings (SSSR count). The minimum atomic E-state index is -5.73. The Morgan fingerprint density at radius 3 is 2.06 bits per heavy atom. The molecule has 0 heterocycles. The van der Waals surface area contributed by atoms with Gasteiger partial charge in [0.05, 0.1) is 0 Å². The maximum Gasteiger partial charge on any atom is 0.534 e. The number of quaternary nitrogens is 1. The number of benzene rings is 1. The Kier molecular flexibility index (Phi) is 3.62. The second-order valence-electron chi connectivity index (χ2n) is 2.81. The van der Waals surface area contributed by atoms with Gasteiger partial charge in [-0.05, 0) is 12.1 Å². The van der Waals surface area contributed by atoms with E-state index in [0.29, 0.717) is 0 Å². The minimum Gasteiger partial charge on any atom is -0.595 e. The van der Waals surface area contributed by atoms with Crippen LogP contribution in [0.1, 0.15) is 0 Å². The summed E-state index contributed by atoms with van der Waals surface area (Å²) >= 11 is 0. The molecule has 6 nitrogen and oxygen atoms in total. The van der Waals surface area contributed by atoms with Gasteiger partial charge in [0.1, 0.15) is 5.75 Å². The van der Waals surface area contributed by atoms with E-state index in [1.54, 1.807) is 0 Å². The van der Waals surface area contributed by atoms with E-state index in [0.717, 1.165) is 24.3 Å². The average molecular weight is 273 g/mol. The molecular formula is C7H6F3NO5S. The lowest BCUT2D eigenvalue weighted by molar-refractivity contribution is -0.991. The molecule has 2 N–H and O–H groups in total. The number of halogens is 3. The second-order valence-corrected chi connectivity index (χ2v) is 4.35. The van der Waals surface area contributed by atoms with Gasteiger partial charge in [-0.3, -0.25) is 0 Å². The summed E-state index contributed by atoms with van der Waals surface area (Å²) in [6.07, 6.45) is 0. The van der Waals surface area contributed by atoms with Crippen molar-refractivity contribution in [1.82, 2.24) is 0 Å². The zero-order chi connectivity index (χ0) is 13.3. The van der Waals surface area contributed by atoms with E-state index < -0.39 is 26.6 Å². The first kappa shape index (κ1) is 13.7. The molecule has 96 valence electrons. The fourth-order valence-electron chi connectivity index (χ4n) is 0.827. The summed E-state index contributed by atoms with van der Waals surface area (Å²) in [6.45, 7) is 0. The molecular weight excluding hydrogens is 267 g/mol. The lowest BCUT2D eigenvalue weighted by atomic mass is 10.3. The Morgan fingerprint density at radius 2 is 1.71 bits per heavy atom. The molecule has 1 atom stereocenters. The number of alkyl halides is 3. The summed E-state index contributed by atoms with van der Waals surface area (Å²) in [5, 5.41) is 17.6. The Morgan fingerprint density at radius 1 is 1.24 bits per heavy atom. The van der Waals surface area contributed by atoms with Crippen LogP contribution in [0.15, 0.2) is 24.3 Å². The predicted octanol–water partition coefficient (Wildman–Crippen LogP) is 0.318. The Hall–Kier alpha value is -1.36. The Labute approximate surface area is 93.5 Å². The van der Waals surface area contributed by atoms with E-state index in [1.807, 2.05) is 0 Å². The molecule has 1 aromatic rings. The lowest BCUT2D eigenvalue weighted by Crippen LogP contribution is -2.99. The van der Waals surface area contributed by atoms with Gasteiger partial charge in [0.25, 0.3) is 0 Å². The first-order chi connectivity index (χ1) is 7.63. The van der Waals surface area contributed by atoms with Crippen LogP contribution in [-0.4, -0.2) is 19.1 Å². The average Bonchev–Trinajstić information content (AvgIpc) is 2.16. The van der Waals surface area contributed by atoms with Gasteiger partial charge in [0.2, 0.25) is 0 Å². The largest absolute Gasteiger partial charge is 0.595 e. The summed E-state index contributed by atoms with van der Waals surface area (Å²) in [7, 11) is -5.73. The van der Waals surface area contributed by atoms with Gasteiger partial charge in [0, 0.05) is 12.1 Å². The Balaban J connectivity index is 2.91. The molecule has 0 spiro atoms. The van der Waals surface area contributed by atoms with Crippen LogP contribution < -0.4 is 9.41 Å². The monoisotopic (exact) mass is 273 g/mol. The number of hydrogen-bond acceptors (Lipinski definition) is 5. The van der Waals surface area contributed by atoms with Crippen LogP contribution in [-0.2, 0) is 10.1 Å². The van der Waals surface area contributed by atoms with Crippen molar-refractivity contribution in [2.75, 3.05) is 0 Å². The normalized spacial score (nSPS) is 14.4. The van der Waals surface area contributed by atoms with Crippen molar-refractivity contribution >= 4 is 15.8 Å². The molecule has 0 bridgehead atoms. The summed E-state index contributed by atoms with van der Waals surface area (Å²) < 4.78 is 60.7. The van der Waals surface area contributed by atoms with Gasteiger partial charge >= 0.3 is 15.6 Å². The third-order valence-electron chi connectivity index (χ3n) is 1.59. The van der Waals surface area contributed by atoms with Crippen molar-refractivity contribution in [3.8, 4) is 5.75 Å².